The zero-order valence-corrected chi connectivity index (χ0v) is 16.2. The Kier molecular flexibility index (Phi) is 9.80. The Hall–Kier alpha value is -0.560. The molecule has 2 aliphatic carbocycles. The second kappa shape index (κ2) is 11.9. The number of rotatable bonds is 9. The maximum atomic E-state index is 6.02. The lowest BCUT2D eigenvalue weighted by Crippen LogP contribution is -2.28. The van der Waals surface area contributed by atoms with Crippen LogP contribution in [0.1, 0.15) is 90.9 Å². The summed E-state index contributed by atoms with van der Waals surface area (Å²) in [6.45, 7) is 5.14. The Labute approximate surface area is 150 Å². The molecule has 24 heavy (non-hydrogen) atoms. The molecule has 0 saturated heterocycles. The van der Waals surface area contributed by atoms with E-state index >= 15 is 0 Å². The topological polar surface area (TPSA) is 9.23 Å². The second-order valence-electron chi connectivity index (χ2n) is 8.10. The van der Waals surface area contributed by atoms with Crippen LogP contribution >= 0.6 is 0 Å². The van der Waals surface area contributed by atoms with Gasteiger partial charge in [-0.2, -0.15) is 0 Å². The van der Waals surface area contributed by atoms with Crippen LogP contribution in [0.4, 0.5) is 0 Å². The fourth-order valence-electron chi connectivity index (χ4n) is 4.79. The number of hydrogen-bond acceptors (Lipinski definition) is 1. The summed E-state index contributed by atoms with van der Waals surface area (Å²) in [6.07, 6.45) is 26.1. The summed E-state index contributed by atoms with van der Waals surface area (Å²) < 4.78 is 6.02. The van der Waals surface area contributed by atoms with Crippen LogP contribution in [0.3, 0.4) is 0 Å². The van der Waals surface area contributed by atoms with Gasteiger partial charge in [0, 0.05) is 0 Å². The van der Waals surface area contributed by atoms with Gasteiger partial charge in [-0.25, -0.2) is 0 Å². The van der Waals surface area contributed by atoms with E-state index in [1.165, 1.54) is 77.0 Å². The summed E-state index contributed by atoms with van der Waals surface area (Å²) in [5.41, 5.74) is 0. The largest absolute Gasteiger partial charge is 0.374 e. The molecule has 2 aliphatic rings. The molecular weight excluding hydrogens is 292 g/mol. The molecule has 0 radical (unpaired) electrons. The summed E-state index contributed by atoms with van der Waals surface area (Å²) >= 11 is 0. The third-order valence-electron chi connectivity index (χ3n) is 6.36. The molecule has 0 unspecified atom stereocenters. The minimum atomic E-state index is 0.516. The van der Waals surface area contributed by atoms with Gasteiger partial charge in [-0.1, -0.05) is 69.8 Å². The zero-order chi connectivity index (χ0) is 17.0. The van der Waals surface area contributed by atoms with Crippen molar-refractivity contribution >= 4 is 0 Å². The molecule has 138 valence electrons. The predicted molar refractivity (Wildman–Crippen MR) is 105 cm³/mol. The van der Waals surface area contributed by atoms with E-state index in [9.17, 15) is 0 Å². The highest BCUT2D eigenvalue weighted by Crippen LogP contribution is 2.41. The number of allylic oxidation sites excluding steroid dienone is 3. The normalized spacial score (nSPS) is 31.9. The second-order valence-corrected chi connectivity index (χ2v) is 8.10. The van der Waals surface area contributed by atoms with Crippen molar-refractivity contribution in [2.75, 3.05) is 6.61 Å². The van der Waals surface area contributed by atoms with Crippen molar-refractivity contribution in [3.05, 3.63) is 24.3 Å². The van der Waals surface area contributed by atoms with E-state index in [4.69, 9.17) is 4.74 Å². The van der Waals surface area contributed by atoms with E-state index in [1.54, 1.807) is 0 Å². The molecule has 2 fully saturated rings. The van der Waals surface area contributed by atoms with E-state index in [-0.39, 0.29) is 0 Å². The van der Waals surface area contributed by atoms with Crippen molar-refractivity contribution in [1.29, 1.82) is 0 Å². The minimum absolute atomic E-state index is 0.516. The molecule has 0 N–H and O–H groups in total. The Morgan fingerprint density at radius 1 is 0.833 bits per heavy atom. The van der Waals surface area contributed by atoms with Crippen molar-refractivity contribution < 1.29 is 4.74 Å². The van der Waals surface area contributed by atoms with Crippen LogP contribution in [0.25, 0.3) is 0 Å². The van der Waals surface area contributed by atoms with Crippen LogP contribution in [-0.2, 0) is 4.74 Å². The summed E-state index contributed by atoms with van der Waals surface area (Å²) in [5.74, 6) is 3.08. The average Bonchev–Trinajstić information content (AvgIpc) is 2.63. The highest BCUT2D eigenvalue weighted by Gasteiger charge is 2.30. The van der Waals surface area contributed by atoms with E-state index < -0.39 is 0 Å². The lowest BCUT2D eigenvalue weighted by atomic mass is 9.70. The lowest BCUT2D eigenvalue weighted by molar-refractivity contribution is 0.0210. The van der Waals surface area contributed by atoms with Crippen LogP contribution < -0.4 is 0 Å². The molecule has 1 nitrogen and oxygen atoms in total. The first-order chi connectivity index (χ1) is 11.8. The molecule has 0 aromatic carbocycles. The molecule has 0 spiro atoms. The molecule has 1 heteroatoms. The van der Waals surface area contributed by atoms with Crippen molar-refractivity contribution in [3.63, 3.8) is 0 Å². The van der Waals surface area contributed by atoms with Crippen molar-refractivity contribution in [2.24, 2.45) is 17.8 Å². The third kappa shape index (κ3) is 7.13. The fraction of sp³-hybridized carbons (Fsp3) is 0.826. The van der Waals surface area contributed by atoms with Crippen LogP contribution in [0.5, 0.6) is 0 Å². The molecule has 0 aliphatic heterocycles. The molecule has 0 aromatic heterocycles. The van der Waals surface area contributed by atoms with Gasteiger partial charge in [-0.05, 0) is 63.2 Å². The standard InChI is InChI=1S/C23H40O/c1-3-5-7-9-19-24-23-17-15-22(16-18-23)21-13-11-20(12-14-21)10-8-6-4-2/h3,5,7,9,20-23H,4,6,8,10-19H2,1-2H3. The lowest BCUT2D eigenvalue weighted by Gasteiger charge is -2.37. The van der Waals surface area contributed by atoms with Gasteiger partial charge >= 0.3 is 0 Å². The van der Waals surface area contributed by atoms with E-state index in [1.807, 2.05) is 6.92 Å². The Balaban J connectivity index is 1.58. The minimum Gasteiger partial charge on any atom is -0.374 e. The molecule has 0 bridgehead atoms. The van der Waals surface area contributed by atoms with Gasteiger partial charge < -0.3 is 4.74 Å². The fourth-order valence-corrected chi connectivity index (χ4v) is 4.79. The molecule has 0 amide bonds. The Morgan fingerprint density at radius 3 is 2.12 bits per heavy atom. The highest BCUT2D eigenvalue weighted by atomic mass is 16.5. The van der Waals surface area contributed by atoms with E-state index in [0.717, 1.165) is 24.4 Å². The molecule has 2 rings (SSSR count). The van der Waals surface area contributed by atoms with Crippen molar-refractivity contribution in [2.45, 2.75) is 97.0 Å². The van der Waals surface area contributed by atoms with E-state index in [2.05, 4.69) is 31.2 Å². The summed E-state index contributed by atoms with van der Waals surface area (Å²) in [7, 11) is 0. The number of hydrogen-bond donors (Lipinski definition) is 0. The Bertz CT molecular complexity index is 354. The third-order valence-corrected chi connectivity index (χ3v) is 6.36. The average molecular weight is 333 g/mol. The first kappa shape index (κ1) is 19.8. The number of unbranched alkanes of at least 4 members (excludes halogenated alkanes) is 2. The molecule has 0 atom stereocenters. The van der Waals surface area contributed by atoms with Gasteiger partial charge in [-0.15, -0.1) is 0 Å². The summed E-state index contributed by atoms with van der Waals surface area (Å²) in [6, 6.07) is 0. The monoisotopic (exact) mass is 332 g/mol. The molecular formula is C23H40O. The first-order valence-corrected chi connectivity index (χ1v) is 10.7. The first-order valence-electron chi connectivity index (χ1n) is 10.7. The van der Waals surface area contributed by atoms with Gasteiger partial charge in [-0.3, -0.25) is 0 Å². The van der Waals surface area contributed by atoms with Gasteiger partial charge in [0.15, 0.2) is 0 Å². The predicted octanol–water partition coefficient (Wildman–Crippen LogP) is 7.08. The van der Waals surface area contributed by atoms with Crippen molar-refractivity contribution in [3.8, 4) is 0 Å². The van der Waals surface area contributed by atoms with Crippen molar-refractivity contribution in [1.82, 2.24) is 0 Å². The quantitative estimate of drug-likeness (QED) is 0.324. The summed E-state index contributed by atoms with van der Waals surface area (Å²) in [5, 5.41) is 0. The van der Waals surface area contributed by atoms with Gasteiger partial charge in [0.1, 0.15) is 0 Å². The van der Waals surface area contributed by atoms with Crippen LogP contribution in [-0.4, -0.2) is 12.7 Å². The maximum Gasteiger partial charge on any atom is 0.0654 e. The SMILES string of the molecule is CC=CC=CCOC1CCC(C2CCC(CCCCC)CC2)CC1. The molecule has 2 saturated carbocycles. The van der Waals surface area contributed by atoms with E-state index in [0.29, 0.717) is 6.10 Å². The van der Waals surface area contributed by atoms with Gasteiger partial charge in [0.05, 0.1) is 12.7 Å². The molecule has 0 heterocycles. The zero-order valence-electron chi connectivity index (χ0n) is 16.2. The summed E-state index contributed by atoms with van der Waals surface area (Å²) in [4.78, 5) is 0. The van der Waals surface area contributed by atoms with Crippen LogP contribution in [0.15, 0.2) is 24.3 Å². The smallest absolute Gasteiger partial charge is 0.0654 e. The Morgan fingerprint density at radius 2 is 1.50 bits per heavy atom. The highest BCUT2D eigenvalue weighted by molar-refractivity contribution is 5.01. The number of ether oxygens (including phenoxy) is 1. The molecule has 0 aromatic rings. The van der Waals surface area contributed by atoms with Gasteiger partial charge in [0.2, 0.25) is 0 Å². The van der Waals surface area contributed by atoms with Crippen LogP contribution in [0.2, 0.25) is 0 Å². The van der Waals surface area contributed by atoms with Crippen LogP contribution in [0, 0.1) is 17.8 Å². The maximum absolute atomic E-state index is 6.02. The van der Waals surface area contributed by atoms with Gasteiger partial charge in [0.25, 0.3) is 0 Å².